The molecule has 3 nitrogen and oxygen atoms in total. The van der Waals surface area contributed by atoms with Crippen LogP contribution in [0.3, 0.4) is 0 Å². The van der Waals surface area contributed by atoms with Gasteiger partial charge in [-0.3, -0.25) is 0 Å². The van der Waals surface area contributed by atoms with Crippen molar-refractivity contribution in [1.82, 2.24) is 5.32 Å². The Labute approximate surface area is 182 Å². The predicted octanol–water partition coefficient (Wildman–Crippen LogP) is 7.15. The van der Waals surface area contributed by atoms with Gasteiger partial charge in [0.2, 0.25) is 0 Å². The van der Waals surface area contributed by atoms with Crippen LogP contribution in [0.2, 0.25) is 5.02 Å². The number of hydrogen-bond donors (Lipinski definition) is 3. The van der Waals surface area contributed by atoms with Gasteiger partial charge in [-0.05, 0) is 53.8 Å². The molecule has 0 unspecified atom stereocenters. The summed E-state index contributed by atoms with van der Waals surface area (Å²) >= 11 is 6.15. The quantitative estimate of drug-likeness (QED) is 0.296. The van der Waals surface area contributed by atoms with Crippen LogP contribution < -0.4 is 11.1 Å². The lowest BCUT2D eigenvalue weighted by atomic mass is 9.91. The highest BCUT2D eigenvalue weighted by atomic mass is 35.5. The maximum atomic E-state index is 9.66. The molecule has 0 saturated carbocycles. The lowest BCUT2D eigenvalue weighted by Crippen LogP contribution is -2.31. The number of halogens is 1. The van der Waals surface area contributed by atoms with E-state index in [2.05, 4.69) is 32.0 Å². The van der Waals surface area contributed by atoms with Crippen LogP contribution in [0.5, 0.6) is 0 Å². The Balaban J connectivity index is 0.00000379. The largest absolute Gasteiger partial charge is 0.512 e. The SMILES string of the molecule is C=C(NCC(C)(C)C(=C)O)/C(N)=C(C)/C=C(\C(=C)CC)c1cccc(Cl)c1.CC. The van der Waals surface area contributed by atoms with E-state index in [9.17, 15) is 5.11 Å². The van der Waals surface area contributed by atoms with Crippen molar-refractivity contribution in [3.05, 3.63) is 89.0 Å². The van der Waals surface area contributed by atoms with Crippen LogP contribution in [-0.4, -0.2) is 11.7 Å². The van der Waals surface area contributed by atoms with E-state index in [-0.39, 0.29) is 5.76 Å². The zero-order valence-corrected chi connectivity index (χ0v) is 19.6. The molecule has 0 amide bonds. The van der Waals surface area contributed by atoms with E-state index < -0.39 is 5.41 Å². The van der Waals surface area contributed by atoms with Gasteiger partial charge in [-0.1, -0.05) is 78.1 Å². The van der Waals surface area contributed by atoms with E-state index in [1.54, 1.807) is 0 Å². The van der Waals surface area contributed by atoms with E-state index >= 15 is 0 Å². The number of benzene rings is 1. The van der Waals surface area contributed by atoms with Crippen LogP contribution in [-0.2, 0) is 0 Å². The number of aliphatic hydroxyl groups is 1. The van der Waals surface area contributed by atoms with Crippen molar-refractivity contribution in [2.24, 2.45) is 11.1 Å². The second-order valence-electron chi connectivity index (χ2n) is 7.28. The average molecular weight is 417 g/mol. The zero-order valence-electron chi connectivity index (χ0n) is 18.8. The Hall–Kier alpha value is -2.39. The third-order valence-corrected chi connectivity index (χ3v) is 4.81. The minimum absolute atomic E-state index is 0.115. The fraction of sp³-hybridized carbons (Fsp3) is 0.360. The molecule has 0 aliphatic rings. The van der Waals surface area contributed by atoms with Crippen LogP contribution in [0.25, 0.3) is 5.57 Å². The monoisotopic (exact) mass is 416 g/mol. The number of nitrogens with one attached hydrogen (secondary N) is 1. The van der Waals surface area contributed by atoms with Gasteiger partial charge in [-0.25, -0.2) is 0 Å². The molecule has 160 valence electrons. The summed E-state index contributed by atoms with van der Waals surface area (Å²) in [5, 5.41) is 13.5. The number of aliphatic hydroxyl groups excluding tert-OH is 1. The van der Waals surface area contributed by atoms with Gasteiger partial charge >= 0.3 is 0 Å². The molecule has 0 aromatic heterocycles. The Morgan fingerprint density at radius 3 is 2.31 bits per heavy atom. The van der Waals surface area contributed by atoms with Crippen LogP contribution in [0.15, 0.2) is 78.4 Å². The Kier molecular flexibility index (Phi) is 11.2. The first-order valence-electron chi connectivity index (χ1n) is 9.93. The van der Waals surface area contributed by atoms with Gasteiger partial charge in [0.1, 0.15) is 0 Å². The topological polar surface area (TPSA) is 58.3 Å². The smallest absolute Gasteiger partial charge is 0.0924 e. The third-order valence-electron chi connectivity index (χ3n) is 4.58. The van der Waals surface area contributed by atoms with Crippen molar-refractivity contribution in [3.63, 3.8) is 0 Å². The summed E-state index contributed by atoms with van der Waals surface area (Å²) in [5.74, 6) is 0.115. The van der Waals surface area contributed by atoms with Crippen LogP contribution >= 0.6 is 11.6 Å². The summed E-state index contributed by atoms with van der Waals surface area (Å²) in [7, 11) is 0. The molecule has 0 bridgehead atoms. The molecular formula is C25H37ClN2O. The molecule has 0 aliphatic carbocycles. The Morgan fingerprint density at radius 2 is 1.83 bits per heavy atom. The minimum atomic E-state index is -0.477. The summed E-state index contributed by atoms with van der Waals surface area (Å²) < 4.78 is 0. The van der Waals surface area contributed by atoms with Gasteiger partial charge in [0, 0.05) is 17.0 Å². The molecule has 0 aliphatic heterocycles. The van der Waals surface area contributed by atoms with Crippen molar-refractivity contribution in [1.29, 1.82) is 0 Å². The van der Waals surface area contributed by atoms with Crippen molar-refractivity contribution >= 4 is 17.2 Å². The lowest BCUT2D eigenvalue weighted by molar-refractivity contribution is 0.257. The van der Waals surface area contributed by atoms with E-state index in [1.165, 1.54) is 0 Å². The van der Waals surface area contributed by atoms with Gasteiger partial charge in [-0.15, -0.1) is 0 Å². The van der Waals surface area contributed by atoms with Gasteiger partial charge in [0.05, 0.1) is 17.2 Å². The summed E-state index contributed by atoms with van der Waals surface area (Å²) in [5.41, 5.74) is 10.8. The Morgan fingerprint density at radius 1 is 1.24 bits per heavy atom. The predicted molar refractivity (Wildman–Crippen MR) is 130 cm³/mol. The number of allylic oxidation sites excluding steroid dienone is 4. The summed E-state index contributed by atoms with van der Waals surface area (Å²) in [4.78, 5) is 0. The third kappa shape index (κ3) is 8.25. The molecule has 0 radical (unpaired) electrons. The highest BCUT2D eigenvalue weighted by Crippen LogP contribution is 2.28. The molecule has 1 aromatic carbocycles. The van der Waals surface area contributed by atoms with E-state index in [0.29, 0.717) is 23.0 Å². The summed E-state index contributed by atoms with van der Waals surface area (Å²) in [6, 6.07) is 7.68. The Bertz CT molecular complexity index is 801. The first kappa shape index (κ1) is 26.6. The van der Waals surface area contributed by atoms with E-state index in [4.69, 9.17) is 17.3 Å². The normalized spacial score (nSPS) is 12.3. The summed E-state index contributed by atoms with van der Waals surface area (Å²) in [6.07, 6.45) is 2.83. The first-order valence-corrected chi connectivity index (χ1v) is 10.3. The van der Waals surface area contributed by atoms with Gasteiger partial charge in [0.15, 0.2) is 0 Å². The number of nitrogens with two attached hydrogens (primary N) is 1. The molecule has 0 saturated heterocycles. The van der Waals surface area contributed by atoms with Crippen molar-refractivity contribution in [2.45, 2.75) is 48.0 Å². The zero-order chi connectivity index (χ0) is 22.8. The standard InChI is InChI=1S/C23H31ClN2O.C2H6/c1-8-15(2)21(19-10-9-11-20(24)13-19)12-16(3)22(25)17(4)26-14-23(6,7)18(5)27;1-2/h9-13,26-27H,2,4-5,8,14,25H2,1,3,6-7H3;1-2H3/b21-12+,22-16-;. The van der Waals surface area contributed by atoms with Crippen LogP contribution in [0, 0.1) is 5.41 Å². The molecule has 0 heterocycles. The maximum absolute atomic E-state index is 9.66. The number of rotatable bonds is 9. The van der Waals surface area contributed by atoms with Crippen LogP contribution in [0.4, 0.5) is 0 Å². The van der Waals surface area contributed by atoms with Gasteiger partial charge < -0.3 is 16.2 Å². The lowest BCUT2D eigenvalue weighted by Gasteiger charge is -2.25. The second-order valence-corrected chi connectivity index (χ2v) is 7.72. The fourth-order valence-electron chi connectivity index (χ4n) is 2.29. The molecule has 4 N–H and O–H groups in total. The average Bonchev–Trinajstić information content (AvgIpc) is 2.70. The molecule has 29 heavy (non-hydrogen) atoms. The van der Waals surface area contributed by atoms with Gasteiger partial charge in [0.25, 0.3) is 0 Å². The fourth-order valence-corrected chi connectivity index (χ4v) is 2.48. The minimum Gasteiger partial charge on any atom is -0.512 e. The first-order chi connectivity index (χ1) is 13.5. The van der Waals surface area contributed by atoms with Crippen molar-refractivity contribution < 1.29 is 5.11 Å². The van der Waals surface area contributed by atoms with Crippen molar-refractivity contribution in [3.8, 4) is 0 Å². The molecule has 1 rings (SSSR count). The molecule has 1 aromatic rings. The highest BCUT2D eigenvalue weighted by molar-refractivity contribution is 6.30. The molecular weight excluding hydrogens is 380 g/mol. The van der Waals surface area contributed by atoms with Crippen molar-refractivity contribution in [2.75, 3.05) is 6.54 Å². The highest BCUT2D eigenvalue weighted by Gasteiger charge is 2.21. The molecule has 0 fully saturated rings. The maximum Gasteiger partial charge on any atom is 0.0924 e. The van der Waals surface area contributed by atoms with E-state index in [1.807, 2.05) is 65.0 Å². The molecule has 0 spiro atoms. The molecule has 0 atom stereocenters. The van der Waals surface area contributed by atoms with Gasteiger partial charge in [-0.2, -0.15) is 0 Å². The van der Waals surface area contributed by atoms with E-state index in [0.717, 1.165) is 28.7 Å². The second kappa shape index (κ2) is 12.2. The molecule has 4 heteroatoms. The number of hydrogen-bond acceptors (Lipinski definition) is 3. The summed E-state index contributed by atoms with van der Waals surface area (Å²) in [6.45, 7) is 24.1. The van der Waals surface area contributed by atoms with Crippen LogP contribution in [0.1, 0.15) is 53.5 Å².